The van der Waals surface area contributed by atoms with E-state index in [0.717, 1.165) is 25.9 Å². The number of carbonyl (C=O) groups excluding carboxylic acids is 1. The summed E-state index contributed by atoms with van der Waals surface area (Å²) in [6.07, 6.45) is 6.38. The van der Waals surface area contributed by atoms with Crippen LogP contribution < -0.4 is 5.32 Å². The summed E-state index contributed by atoms with van der Waals surface area (Å²) in [5.41, 5.74) is 0.572. The lowest BCUT2D eigenvalue weighted by atomic mass is 10.2. The zero-order chi connectivity index (χ0) is 12.4. The molecule has 3 rings (SSSR count). The number of nitrogens with one attached hydrogen (secondary N) is 1. The summed E-state index contributed by atoms with van der Waals surface area (Å²) < 4.78 is 0. The molecule has 18 heavy (non-hydrogen) atoms. The number of carbonyl (C=O) groups is 1. The fourth-order valence-electron chi connectivity index (χ4n) is 2.57. The zero-order valence-corrected chi connectivity index (χ0v) is 10.5. The molecule has 1 atom stereocenters. The predicted molar refractivity (Wildman–Crippen MR) is 69.3 cm³/mol. The molecule has 1 saturated carbocycles. The molecule has 0 radical (unpaired) electrons. The third-order valence-corrected chi connectivity index (χ3v) is 3.71. The highest BCUT2D eigenvalue weighted by molar-refractivity contribution is 5.92. The van der Waals surface area contributed by atoms with Crippen LogP contribution in [0.5, 0.6) is 0 Å². The van der Waals surface area contributed by atoms with Crippen molar-refractivity contribution in [3.8, 4) is 0 Å². The Balaban J connectivity index is 1.71. The second-order valence-electron chi connectivity index (χ2n) is 5.20. The second kappa shape index (κ2) is 5.06. The van der Waals surface area contributed by atoms with Gasteiger partial charge in [-0.15, -0.1) is 0 Å². The predicted octanol–water partition coefficient (Wildman–Crippen LogP) is 1.44. The molecule has 2 aliphatic rings. The lowest BCUT2D eigenvalue weighted by molar-refractivity contribution is 0.0722. The van der Waals surface area contributed by atoms with Crippen LogP contribution in [-0.2, 0) is 0 Å². The molecule has 0 bridgehead atoms. The molecule has 0 spiro atoms. The van der Waals surface area contributed by atoms with Gasteiger partial charge in [0.1, 0.15) is 5.69 Å². The van der Waals surface area contributed by atoms with Gasteiger partial charge < -0.3 is 10.2 Å². The normalized spacial score (nSPS) is 23.0. The van der Waals surface area contributed by atoms with Crippen LogP contribution in [0.3, 0.4) is 0 Å². The lowest BCUT2D eigenvalue weighted by Crippen LogP contribution is -2.42. The summed E-state index contributed by atoms with van der Waals surface area (Å²) in [5, 5.41) is 3.46. The van der Waals surface area contributed by atoms with E-state index in [-0.39, 0.29) is 5.91 Å². The van der Waals surface area contributed by atoms with Gasteiger partial charge in [0.2, 0.25) is 0 Å². The highest BCUT2D eigenvalue weighted by Gasteiger charge is 2.35. The van der Waals surface area contributed by atoms with Crippen LogP contribution in [-0.4, -0.2) is 41.0 Å². The lowest BCUT2D eigenvalue weighted by Gasteiger charge is -2.25. The molecule has 1 aromatic rings. The summed E-state index contributed by atoms with van der Waals surface area (Å²) >= 11 is 0. The molecule has 1 unspecified atom stereocenters. The topological polar surface area (TPSA) is 45.2 Å². The van der Waals surface area contributed by atoms with Crippen molar-refractivity contribution in [2.24, 2.45) is 0 Å². The minimum Gasteiger partial charge on any atom is -0.333 e. The van der Waals surface area contributed by atoms with Gasteiger partial charge in [0, 0.05) is 24.8 Å². The number of amides is 1. The number of hydrogen-bond acceptors (Lipinski definition) is 3. The van der Waals surface area contributed by atoms with Gasteiger partial charge in [-0.1, -0.05) is 6.07 Å². The molecule has 0 aromatic carbocycles. The van der Waals surface area contributed by atoms with Gasteiger partial charge in [-0.05, 0) is 44.4 Å². The number of pyridine rings is 1. The first-order valence-corrected chi connectivity index (χ1v) is 6.80. The average Bonchev–Trinajstić information content (AvgIpc) is 3.13. The van der Waals surface area contributed by atoms with Crippen molar-refractivity contribution in [1.82, 2.24) is 15.2 Å². The Morgan fingerprint density at radius 3 is 2.89 bits per heavy atom. The third kappa shape index (κ3) is 2.53. The van der Waals surface area contributed by atoms with Crippen LogP contribution in [0.25, 0.3) is 0 Å². The quantitative estimate of drug-likeness (QED) is 0.873. The fourth-order valence-corrected chi connectivity index (χ4v) is 2.57. The van der Waals surface area contributed by atoms with E-state index in [9.17, 15) is 4.79 Å². The van der Waals surface area contributed by atoms with Gasteiger partial charge in [0.15, 0.2) is 0 Å². The molecule has 1 aliphatic heterocycles. The molecule has 2 fully saturated rings. The third-order valence-electron chi connectivity index (χ3n) is 3.71. The molecule has 96 valence electrons. The summed E-state index contributed by atoms with van der Waals surface area (Å²) in [7, 11) is 0. The minimum atomic E-state index is 0.0896. The first kappa shape index (κ1) is 11.7. The van der Waals surface area contributed by atoms with E-state index in [1.807, 2.05) is 17.0 Å². The smallest absolute Gasteiger partial charge is 0.272 e. The number of hydrogen-bond donors (Lipinski definition) is 1. The van der Waals surface area contributed by atoms with Gasteiger partial charge >= 0.3 is 0 Å². The number of aromatic nitrogens is 1. The van der Waals surface area contributed by atoms with Crippen molar-refractivity contribution in [2.45, 2.75) is 37.8 Å². The first-order chi connectivity index (χ1) is 8.84. The van der Waals surface area contributed by atoms with Crippen LogP contribution in [0.2, 0.25) is 0 Å². The van der Waals surface area contributed by atoms with Crippen molar-refractivity contribution in [2.75, 3.05) is 13.1 Å². The van der Waals surface area contributed by atoms with Crippen molar-refractivity contribution >= 4 is 5.91 Å². The van der Waals surface area contributed by atoms with E-state index in [1.165, 1.54) is 12.8 Å². The Hall–Kier alpha value is -1.42. The Morgan fingerprint density at radius 1 is 1.39 bits per heavy atom. The Bertz CT molecular complexity index is 410. The van der Waals surface area contributed by atoms with Crippen LogP contribution in [0.1, 0.15) is 36.2 Å². The highest BCUT2D eigenvalue weighted by atomic mass is 16.2. The largest absolute Gasteiger partial charge is 0.333 e. The summed E-state index contributed by atoms with van der Waals surface area (Å²) in [4.78, 5) is 18.6. The van der Waals surface area contributed by atoms with E-state index >= 15 is 0 Å². The van der Waals surface area contributed by atoms with Gasteiger partial charge in [-0.25, -0.2) is 0 Å². The van der Waals surface area contributed by atoms with Crippen LogP contribution in [0.4, 0.5) is 0 Å². The SMILES string of the molecule is O=C(c1ccccn1)N(CC1CCCN1)C1CC1. The minimum absolute atomic E-state index is 0.0896. The van der Waals surface area contributed by atoms with Gasteiger partial charge in [-0.2, -0.15) is 0 Å². The van der Waals surface area contributed by atoms with Crippen molar-refractivity contribution < 1.29 is 4.79 Å². The number of rotatable bonds is 4. The summed E-state index contributed by atoms with van der Waals surface area (Å²) in [5.74, 6) is 0.0896. The molecule has 1 N–H and O–H groups in total. The molecular formula is C14H19N3O. The van der Waals surface area contributed by atoms with E-state index in [1.54, 1.807) is 12.3 Å². The van der Waals surface area contributed by atoms with Crippen molar-refractivity contribution in [3.05, 3.63) is 30.1 Å². The maximum absolute atomic E-state index is 12.4. The standard InChI is InChI=1S/C14H19N3O/c18-14(13-5-1-2-8-16-13)17(12-6-7-12)10-11-4-3-9-15-11/h1-2,5,8,11-12,15H,3-4,6-7,9-10H2. The van der Waals surface area contributed by atoms with E-state index in [2.05, 4.69) is 10.3 Å². The Kier molecular flexibility index (Phi) is 3.28. The molecular weight excluding hydrogens is 226 g/mol. The van der Waals surface area contributed by atoms with Crippen molar-refractivity contribution in [3.63, 3.8) is 0 Å². The molecule has 1 aliphatic carbocycles. The maximum atomic E-state index is 12.4. The average molecular weight is 245 g/mol. The van der Waals surface area contributed by atoms with Gasteiger partial charge in [0.25, 0.3) is 5.91 Å². The molecule has 4 heteroatoms. The molecule has 1 aromatic heterocycles. The van der Waals surface area contributed by atoms with E-state index < -0.39 is 0 Å². The van der Waals surface area contributed by atoms with Gasteiger partial charge in [-0.3, -0.25) is 9.78 Å². The summed E-state index contributed by atoms with van der Waals surface area (Å²) in [6, 6.07) is 6.44. The first-order valence-electron chi connectivity index (χ1n) is 6.80. The monoisotopic (exact) mass is 245 g/mol. The number of nitrogens with zero attached hydrogens (tertiary/aromatic N) is 2. The summed E-state index contributed by atoms with van der Waals surface area (Å²) in [6.45, 7) is 1.92. The van der Waals surface area contributed by atoms with Gasteiger partial charge in [0.05, 0.1) is 0 Å². The highest BCUT2D eigenvalue weighted by Crippen LogP contribution is 2.28. The van der Waals surface area contributed by atoms with E-state index in [4.69, 9.17) is 0 Å². The molecule has 1 saturated heterocycles. The van der Waals surface area contributed by atoms with Crippen molar-refractivity contribution in [1.29, 1.82) is 0 Å². The van der Waals surface area contributed by atoms with E-state index in [0.29, 0.717) is 17.8 Å². The van der Waals surface area contributed by atoms with Crippen LogP contribution in [0, 0.1) is 0 Å². The molecule has 2 heterocycles. The van der Waals surface area contributed by atoms with Crippen LogP contribution in [0.15, 0.2) is 24.4 Å². The second-order valence-corrected chi connectivity index (χ2v) is 5.20. The van der Waals surface area contributed by atoms with Crippen LogP contribution >= 0.6 is 0 Å². The maximum Gasteiger partial charge on any atom is 0.272 e. The zero-order valence-electron chi connectivity index (χ0n) is 10.5. The molecule has 4 nitrogen and oxygen atoms in total. The Labute approximate surface area is 107 Å². The molecule has 1 amide bonds. The fraction of sp³-hybridized carbons (Fsp3) is 0.571. The Morgan fingerprint density at radius 2 is 2.28 bits per heavy atom.